The minimum Gasteiger partial charge on any atom is -0.497 e. The second kappa shape index (κ2) is 14.0. The van der Waals surface area contributed by atoms with Crippen molar-refractivity contribution in [1.29, 1.82) is 0 Å². The van der Waals surface area contributed by atoms with Gasteiger partial charge in [0.05, 0.1) is 20.3 Å². The fraction of sp³-hybridized carbons (Fsp3) is 0.300. The number of amides is 1. The molecule has 0 saturated carbocycles. The highest BCUT2D eigenvalue weighted by molar-refractivity contribution is 6.04. The molecule has 0 radical (unpaired) electrons. The van der Waals surface area contributed by atoms with Crippen molar-refractivity contribution in [3.63, 3.8) is 0 Å². The Bertz CT molecular complexity index is 1060. The Morgan fingerprint density at radius 3 is 1.94 bits per heavy atom. The summed E-state index contributed by atoms with van der Waals surface area (Å²) in [5.41, 5.74) is 4.56. The minimum atomic E-state index is -0.150. The van der Waals surface area contributed by atoms with Gasteiger partial charge in [0.15, 0.2) is 0 Å². The summed E-state index contributed by atoms with van der Waals surface area (Å²) in [7, 11) is 1.65. The number of anilines is 1. The average molecular weight is 474 g/mol. The van der Waals surface area contributed by atoms with Gasteiger partial charge >= 0.3 is 0 Å². The maximum Gasteiger partial charge on any atom is 0.255 e. The molecular weight excluding hydrogens is 438 g/mol. The van der Waals surface area contributed by atoms with Crippen LogP contribution in [0.15, 0.2) is 84.9 Å². The Hall–Kier alpha value is -3.57. The summed E-state index contributed by atoms with van der Waals surface area (Å²) in [6.45, 7) is 7.89. The summed E-state index contributed by atoms with van der Waals surface area (Å²) in [6.07, 6.45) is 4.28. The van der Waals surface area contributed by atoms with Gasteiger partial charge in [-0.15, -0.1) is 0 Å². The summed E-state index contributed by atoms with van der Waals surface area (Å²) in [6, 6.07) is 22.9. The Balaban J connectivity index is 1.38. The van der Waals surface area contributed by atoms with E-state index in [0.29, 0.717) is 18.8 Å². The Kier molecular flexibility index (Phi) is 10.4. The molecule has 5 nitrogen and oxygen atoms in total. The summed E-state index contributed by atoms with van der Waals surface area (Å²) in [5.74, 6) is 1.45. The number of benzene rings is 3. The van der Waals surface area contributed by atoms with Crippen molar-refractivity contribution in [3.8, 4) is 22.6 Å². The summed E-state index contributed by atoms with van der Waals surface area (Å²) in [4.78, 5) is 12.6. The summed E-state index contributed by atoms with van der Waals surface area (Å²) >= 11 is 0. The fourth-order valence-electron chi connectivity index (χ4n) is 3.53. The van der Waals surface area contributed by atoms with Crippen LogP contribution >= 0.6 is 0 Å². The first-order valence-electron chi connectivity index (χ1n) is 12.1. The monoisotopic (exact) mass is 473 g/mol. The quantitative estimate of drug-likeness (QED) is 0.200. The largest absolute Gasteiger partial charge is 0.497 e. The number of hydrogen-bond donors (Lipinski definition) is 1. The second-order valence-electron chi connectivity index (χ2n) is 8.56. The molecule has 0 aliphatic heterocycles. The SMILES string of the molecule is C=C(C)COCCCCCCOc1ccc(C(=O)Nc2ccc(-c3ccc(OC)cc3)cc2)cc1. The van der Waals surface area contributed by atoms with E-state index in [-0.39, 0.29) is 5.91 Å². The van der Waals surface area contributed by atoms with Gasteiger partial charge in [0.2, 0.25) is 0 Å². The molecule has 0 heterocycles. The number of unbranched alkanes of at least 4 members (excludes halogenated alkanes) is 3. The zero-order chi connectivity index (χ0) is 24.9. The van der Waals surface area contributed by atoms with Crippen molar-refractivity contribution in [2.24, 2.45) is 0 Å². The van der Waals surface area contributed by atoms with E-state index in [1.807, 2.05) is 67.6 Å². The predicted octanol–water partition coefficient (Wildman–Crippen LogP) is 7.15. The van der Waals surface area contributed by atoms with Crippen molar-refractivity contribution in [2.75, 3.05) is 32.2 Å². The molecule has 0 unspecified atom stereocenters. The number of hydrogen-bond acceptors (Lipinski definition) is 4. The number of nitrogens with one attached hydrogen (secondary N) is 1. The van der Waals surface area contributed by atoms with Gasteiger partial charge in [-0.05, 0) is 85.8 Å². The van der Waals surface area contributed by atoms with Gasteiger partial charge < -0.3 is 19.5 Å². The van der Waals surface area contributed by atoms with Gasteiger partial charge in [0.1, 0.15) is 11.5 Å². The third-order valence-electron chi connectivity index (χ3n) is 5.48. The van der Waals surface area contributed by atoms with E-state index >= 15 is 0 Å². The number of carbonyl (C=O) groups is 1. The molecule has 3 rings (SSSR count). The van der Waals surface area contributed by atoms with Gasteiger partial charge in [-0.2, -0.15) is 0 Å². The van der Waals surface area contributed by atoms with Crippen LogP contribution in [0.2, 0.25) is 0 Å². The van der Waals surface area contributed by atoms with Crippen molar-refractivity contribution in [2.45, 2.75) is 32.6 Å². The lowest BCUT2D eigenvalue weighted by Gasteiger charge is -2.09. The van der Waals surface area contributed by atoms with Crippen LogP contribution in [0, 0.1) is 0 Å². The highest BCUT2D eigenvalue weighted by atomic mass is 16.5. The second-order valence-corrected chi connectivity index (χ2v) is 8.56. The van der Waals surface area contributed by atoms with Crippen molar-refractivity contribution < 1.29 is 19.0 Å². The third-order valence-corrected chi connectivity index (χ3v) is 5.48. The molecule has 0 atom stereocenters. The molecule has 3 aromatic rings. The van der Waals surface area contributed by atoms with Crippen molar-refractivity contribution >= 4 is 11.6 Å². The highest BCUT2D eigenvalue weighted by Gasteiger charge is 2.07. The lowest BCUT2D eigenvalue weighted by molar-refractivity contribution is 0.102. The molecule has 1 N–H and O–H groups in total. The van der Waals surface area contributed by atoms with Crippen LogP contribution in [0.3, 0.4) is 0 Å². The van der Waals surface area contributed by atoms with Gasteiger partial charge in [0, 0.05) is 17.9 Å². The number of methoxy groups -OCH3 is 1. The normalized spacial score (nSPS) is 10.6. The van der Waals surface area contributed by atoms with E-state index in [1.54, 1.807) is 19.2 Å². The lowest BCUT2D eigenvalue weighted by Crippen LogP contribution is -2.11. The average Bonchev–Trinajstić information content (AvgIpc) is 2.88. The molecular formula is C30H35NO4. The molecule has 0 aliphatic carbocycles. The van der Waals surface area contributed by atoms with E-state index in [0.717, 1.165) is 66.2 Å². The fourth-order valence-corrected chi connectivity index (χ4v) is 3.53. The Labute approximate surface area is 208 Å². The van der Waals surface area contributed by atoms with Crippen LogP contribution in [0.4, 0.5) is 5.69 Å². The Morgan fingerprint density at radius 1 is 0.771 bits per heavy atom. The first-order chi connectivity index (χ1) is 17.0. The molecule has 0 aliphatic rings. The van der Waals surface area contributed by atoms with E-state index in [4.69, 9.17) is 14.2 Å². The number of rotatable bonds is 14. The van der Waals surface area contributed by atoms with Gasteiger partial charge in [0.25, 0.3) is 5.91 Å². The van der Waals surface area contributed by atoms with E-state index in [1.165, 1.54) is 0 Å². The van der Waals surface area contributed by atoms with Gasteiger partial charge in [-0.3, -0.25) is 4.79 Å². The number of ether oxygens (including phenoxy) is 3. The molecule has 0 aromatic heterocycles. The molecule has 0 fully saturated rings. The molecule has 1 amide bonds. The summed E-state index contributed by atoms with van der Waals surface area (Å²) in [5, 5.41) is 2.95. The van der Waals surface area contributed by atoms with Crippen molar-refractivity contribution in [3.05, 3.63) is 90.5 Å². The van der Waals surface area contributed by atoms with Crippen LogP contribution in [-0.2, 0) is 4.74 Å². The standard InChI is InChI=1S/C30H35NO4/c1-23(2)22-34-20-6-4-5-7-21-35-29-18-12-26(13-19-29)30(32)31-27-14-8-24(9-15-27)25-10-16-28(33-3)17-11-25/h8-19H,1,4-7,20-22H2,2-3H3,(H,31,32). The van der Waals surface area contributed by atoms with E-state index in [9.17, 15) is 4.79 Å². The van der Waals surface area contributed by atoms with E-state index < -0.39 is 0 Å². The molecule has 0 bridgehead atoms. The number of carbonyl (C=O) groups excluding carboxylic acids is 1. The molecule has 5 heteroatoms. The van der Waals surface area contributed by atoms with Crippen LogP contribution < -0.4 is 14.8 Å². The molecule has 3 aromatic carbocycles. The molecule has 184 valence electrons. The van der Waals surface area contributed by atoms with Crippen LogP contribution in [0.1, 0.15) is 43.0 Å². The molecule has 0 spiro atoms. The topological polar surface area (TPSA) is 56.8 Å². The van der Waals surface area contributed by atoms with Crippen LogP contribution in [0.25, 0.3) is 11.1 Å². The van der Waals surface area contributed by atoms with Gasteiger partial charge in [-0.25, -0.2) is 0 Å². The molecule has 0 saturated heterocycles. The zero-order valence-corrected chi connectivity index (χ0v) is 20.7. The molecule has 35 heavy (non-hydrogen) atoms. The van der Waals surface area contributed by atoms with Crippen LogP contribution in [0.5, 0.6) is 11.5 Å². The van der Waals surface area contributed by atoms with E-state index in [2.05, 4.69) is 11.9 Å². The van der Waals surface area contributed by atoms with Crippen molar-refractivity contribution in [1.82, 2.24) is 0 Å². The smallest absolute Gasteiger partial charge is 0.255 e. The first-order valence-corrected chi connectivity index (χ1v) is 12.1. The predicted molar refractivity (Wildman–Crippen MR) is 142 cm³/mol. The van der Waals surface area contributed by atoms with Gasteiger partial charge in [-0.1, -0.05) is 42.8 Å². The maximum absolute atomic E-state index is 12.6. The zero-order valence-electron chi connectivity index (χ0n) is 20.7. The maximum atomic E-state index is 12.6. The highest BCUT2D eigenvalue weighted by Crippen LogP contribution is 2.24. The lowest BCUT2D eigenvalue weighted by atomic mass is 10.1. The summed E-state index contributed by atoms with van der Waals surface area (Å²) < 4.78 is 16.5. The minimum absolute atomic E-state index is 0.150. The first kappa shape index (κ1) is 26.0. The third kappa shape index (κ3) is 8.95. The van der Waals surface area contributed by atoms with Crippen LogP contribution in [-0.4, -0.2) is 32.8 Å². The Morgan fingerprint density at radius 2 is 1.34 bits per heavy atom.